The fourth-order valence-electron chi connectivity index (χ4n) is 3.18. The van der Waals surface area contributed by atoms with Crippen LogP contribution in [0.15, 0.2) is 36.5 Å². The summed E-state index contributed by atoms with van der Waals surface area (Å²) in [5, 5.41) is 7.95. The van der Waals surface area contributed by atoms with E-state index in [0.29, 0.717) is 72.6 Å². The lowest BCUT2D eigenvalue weighted by Gasteiger charge is -2.12. The number of nitrogens with one attached hydrogen (secondary N) is 3. The first kappa shape index (κ1) is 28.5. The third-order valence-corrected chi connectivity index (χ3v) is 4.98. The number of hydrogen-bond donors (Lipinski definition) is 3. The van der Waals surface area contributed by atoms with E-state index in [2.05, 4.69) is 30.9 Å². The van der Waals surface area contributed by atoms with Crippen molar-refractivity contribution in [2.24, 2.45) is 0 Å². The molecule has 204 valence electrons. The molecule has 38 heavy (non-hydrogen) atoms. The number of benzene rings is 1. The van der Waals surface area contributed by atoms with Gasteiger partial charge in [-0.1, -0.05) is 6.07 Å². The number of rotatable bonds is 14. The molecule has 0 saturated heterocycles. The number of nitrogens with zero attached hydrogens (tertiary/aromatic N) is 3. The molecule has 2 heterocycles. The molecule has 3 aromatic rings. The van der Waals surface area contributed by atoms with E-state index in [0.717, 1.165) is 0 Å². The van der Waals surface area contributed by atoms with Crippen LogP contribution in [0.4, 0.5) is 21.1 Å². The lowest BCUT2D eigenvalue weighted by atomic mass is 10.1. The van der Waals surface area contributed by atoms with E-state index in [9.17, 15) is 9.59 Å². The van der Waals surface area contributed by atoms with Crippen molar-refractivity contribution in [1.82, 2.24) is 20.3 Å². The molecule has 0 spiro atoms. The summed E-state index contributed by atoms with van der Waals surface area (Å²) in [5.41, 5.74) is 2.60. The summed E-state index contributed by atoms with van der Waals surface area (Å²) in [6, 6.07) is 8.18. The van der Waals surface area contributed by atoms with E-state index < -0.39 is 6.09 Å². The molecular formula is C25H32N6O7. The number of amides is 3. The first-order valence-electron chi connectivity index (χ1n) is 12.0. The molecular weight excluding hydrogens is 496 g/mol. The number of aromatic nitrogens is 3. The molecule has 2 aromatic heterocycles. The van der Waals surface area contributed by atoms with E-state index in [1.807, 2.05) is 6.92 Å². The molecule has 3 amide bonds. The minimum absolute atomic E-state index is 0.0843. The smallest absolute Gasteiger partial charge is 0.411 e. The quantitative estimate of drug-likeness (QED) is 0.266. The lowest BCUT2D eigenvalue weighted by molar-refractivity contribution is 0.0141. The van der Waals surface area contributed by atoms with Crippen molar-refractivity contribution in [1.29, 1.82) is 0 Å². The van der Waals surface area contributed by atoms with Gasteiger partial charge in [-0.3, -0.25) is 15.6 Å². The maximum Gasteiger partial charge on any atom is 0.411 e. The molecule has 0 saturated carbocycles. The predicted octanol–water partition coefficient (Wildman–Crippen LogP) is 3.07. The second kappa shape index (κ2) is 15.2. The van der Waals surface area contributed by atoms with Gasteiger partial charge < -0.3 is 29.0 Å². The Morgan fingerprint density at radius 3 is 2.39 bits per heavy atom. The van der Waals surface area contributed by atoms with Gasteiger partial charge in [-0.15, -0.1) is 0 Å². The van der Waals surface area contributed by atoms with Crippen molar-refractivity contribution in [3.05, 3.63) is 36.5 Å². The molecule has 3 rings (SSSR count). The largest absolute Gasteiger partial charge is 0.495 e. The fourth-order valence-corrected chi connectivity index (χ4v) is 3.18. The first-order chi connectivity index (χ1) is 18.5. The molecule has 0 aliphatic carbocycles. The minimum Gasteiger partial charge on any atom is -0.495 e. The van der Waals surface area contributed by atoms with Crippen LogP contribution in [-0.4, -0.2) is 87.5 Å². The number of fused-ring (bicyclic) bond motifs is 1. The zero-order valence-corrected chi connectivity index (χ0v) is 21.6. The molecule has 0 fully saturated rings. The van der Waals surface area contributed by atoms with Crippen molar-refractivity contribution in [3.63, 3.8) is 0 Å². The summed E-state index contributed by atoms with van der Waals surface area (Å²) in [6.45, 7) is 4.50. The summed E-state index contributed by atoms with van der Waals surface area (Å²) >= 11 is 0. The van der Waals surface area contributed by atoms with Gasteiger partial charge in [0.15, 0.2) is 5.65 Å². The Morgan fingerprint density at radius 1 is 0.895 bits per heavy atom. The zero-order chi connectivity index (χ0) is 27.2. The Bertz CT molecular complexity index is 1210. The number of urea groups is 1. The van der Waals surface area contributed by atoms with Gasteiger partial charge in [0.2, 0.25) is 0 Å². The van der Waals surface area contributed by atoms with Crippen LogP contribution in [0.1, 0.15) is 6.92 Å². The second-order valence-corrected chi connectivity index (χ2v) is 7.67. The van der Waals surface area contributed by atoms with E-state index in [1.165, 1.54) is 7.11 Å². The SMILES string of the molecule is CCNC(=O)Nc1ccc2ncc(-c3ccc(NC(=O)OCCOCCOCCOC)c(OC)c3)nc2n1. The number of ether oxygens (including phenoxy) is 5. The molecule has 13 heteroatoms. The van der Waals surface area contributed by atoms with Crippen LogP contribution < -0.4 is 20.7 Å². The average molecular weight is 529 g/mol. The van der Waals surface area contributed by atoms with Crippen LogP contribution in [0.25, 0.3) is 22.4 Å². The topological polar surface area (TPSA) is 155 Å². The number of hydrogen-bond acceptors (Lipinski definition) is 10. The highest BCUT2D eigenvalue weighted by atomic mass is 16.6. The minimum atomic E-state index is -0.641. The Balaban J connectivity index is 1.57. The van der Waals surface area contributed by atoms with Gasteiger partial charge in [-0.2, -0.15) is 0 Å². The highest BCUT2D eigenvalue weighted by molar-refractivity contribution is 5.90. The van der Waals surface area contributed by atoms with Gasteiger partial charge in [-0.05, 0) is 31.2 Å². The first-order valence-corrected chi connectivity index (χ1v) is 12.0. The summed E-state index contributed by atoms with van der Waals surface area (Å²) in [5.74, 6) is 0.761. The maximum atomic E-state index is 12.2. The molecule has 0 atom stereocenters. The van der Waals surface area contributed by atoms with Crippen molar-refractivity contribution < 1.29 is 33.3 Å². The van der Waals surface area contributed by atoms with Crippen LogP contribution in [0.2, 0.25) is 0 Å². The Hall–Kier alpha value is -4.07. The van der Waals surface area contributed by atoms with E-state index in [1.54, 1.807) is 43.6 Å². The van der Waals surface area contributed by atoms with Gasteiger partial charge in [0.25, 0.3) is 0 Å². The monoisotopic (exact) mass is 528 g/mol. The number of pyridine rings is 1. The lowest BCUT2D eigenvalue weighted by Crippen LogP contribution is -2.28. The van der Waals surface area contributed by atoms with Crippen LogP contribution in [0.3, 0.4) is 0 Å². The summed E-state index contributed by atoms with van der Waals surface area (Å²) in [6.07, 6.45) is 0.970. The van der Waals surface area contributed by atoms with Gasteiger partial charge in [0.05, 0.1) is 57.7 Å². The second-order valence-electron chi connectivity index (χ2n) is 7.67. The van der Waals surface area contributed by atoms with Gasteiger partial charge in [-0.25, -0.2) is 19.6 Å². The van der Waals surface area contributed by atoms with Gasteiger partial charge in [0, 0.05) is 19.2 Å². The number of methoxy groups -OCH3 is 2. The molecule has 0 unspecified atom stereocenters. The molecule has 1 aromatic carbocycles. The molecule has 3 N–H and O–H groups in total. The number of anilines is 2. The van der Waals surface area contributed by atoms with Crippen molar-refractivity contribution >= 4 is 34.8 Å². The van der Waals surface area contributed by atoms with E-state index in [-0.39, 0.29) is 19.2 Å². The van der Waals surface area contributed by atoms with E-state index in [4.69, 9.17) is 23.7 Å². The number of carbonyl (C=O) groups is 2. The summed E-state index contributed by atoms with van der Waals surface area (Å²) in [7, 11) is 3.10. The average Bonchev–Trinajstić information content (AvgIpc) is 2.92. The zero-order valence-electron chi connectivity index (χ0n) is 21.6. The van der Waals surface area contributed by atoms with Crippen molar-refractivity contribution in [2.45, 2.75) is 6.92 Å². The standard InChI is InChI=1S/C25H32N6O7/c1-4-26-24(32)31-22-8-7-19-23(30-22)28-20(16-27-19)17-5-6-18(21(15-17)35-3)29-25(33)38-14-13-37-12-11-36-10-9-34-2/h5-8,15-16H,4,9-14H2,1-3H3,(H,29,33)(H2,26,28,30,31,32). The van der Waals surface area contributed by atoms with Gasteiger partial charge >= 0.3 is 12.1 Å². The summed E-state index contributed by atoms with van der Waals surface area (Å²) < 4.78 is 26.1. The van der Waals surface area contributed by atoms with Crippen LogP contribution >= 0.6 is 0 Å². The predicted molar refractivity (Wildman–Crippen MR) is 141 cm³/mol. The van der Waals surface area contributed by atoms with Crippen LogP contribution in [-0.2, 0) is 18.9 Å². The van der Waals surface area contributed by atoms with E-state index >= 15 is 0 Å². The molecule has 0 bridgehead atoms. The fraction of sp³-hybridized carbons (Fsp3) is 0.400. The highest BCUT2D eigenvalue weighted by Gasteiger charge is 2.12. The number of carbonyl (C=O) groups excluding carboxylic acids is 2. The maximum absolute atomic E-state index is 12.2. The molecule has 0 radical (unpaired) electrons. The summed E-state index contributed by atoms with van der Waals surface area (Å²) in [4.78, 5) is 37.3. The molecule has 0 aliphatic rings. The third-order valence-electron chi connectivity index (χ3n) is 4.98. The highest BCUT2D eigenvalue weighted by Crippen LogP contribution is 2.30. The Labute approximate surface area is 220 Å². The third kappa shape index (κ3) is 8.80. The van der Waals surface area contributed by atoms with Crippen molar-refractivity contribution in [3.8, 4) is 17.0 Å². The van der Waals surface area contributed by atoms with Crippen molar-refractivity contribution in [2.75, 3.05) is 71.0 Å². The molecule has 13 nitrogen and oxygen atoms in total. The Morgan fingerprint density at radius 2 is 1.66 bits per heavy atom. The normalized spacial score (nSPS) is 10.7. The Kier molecular flexibility index (Phi) is 11.4. The molecule has 0 aliphatic heterocycles. The van der Waals surface area contributed by atoms with Gasteiger partial charge in [0.1, 0.15) is 23.7 Å². The van der Waals surface area contributed by atoms with Crippen LogP contribution in [0, 0.1) is 0 Å². The van der Waals surface area contributed by atoms with Crippen LogP contribution in [0.5, 0.6) is 5.75 Å².